The average molecular weight is 214 g/mol. The van der Waals surface area contributed by atoms with Crippen LogP contribution in [0, 0.1) is 0 Å². The lowest BCUT2D eigenvalue weighted by molar-refractivity contribution is 0.0700. The summed E-state index contributed by atoms with van der Waals surface area (Å²) in [5, 5.41) is 9.70. The van der Waals surface area contributed by atoms with Crippen LogP contribution in [0.2, 0.25) is 0 Å². The molecule has 0 unspecified atom stereocenters. The lowest BCUT2D eigenvalue weighted by atomic mass is 10.1. The molecular weight excluding hydrogens is 200 g/mol. The molecule has 1 heterocycles. The lowest BCUT2D eigenvalue weighted by Gasteiger charge is -2.05. The van der Waals surface area contributed by atoms with Gasteiger partial charge in [-0.15, -0.1) is 0 Å². The topological polar surface area (TPSA) is 53.4 Å². The molecule has 1 rings (SSSR count). The van der Waals surface area contributed by atoms with E-state index in [4.69, 9.17) is 5.11 Å². The van der Waals surface area contributed by atoms with Crippen LogP contribution in [0.4, 0.5) is 5.13 Å². The Balaban J connectivity index is 3.19. The molecule has 14 heavy (non-hydrogen) atoms. The van der Waals surface area contributed by atoms with Crippen LogP contribution in [0.5, 0.6) is 0 Å². The van der Waals surface area contributed by atoms with E-state index in [2.05, 4.69) is 4.98 Å². The van der Waals surface area contributed by atoms with E-state index >= 15 is 0 Å². The number of aromatic carboxylic acids is 1. The SMILES string of the molecule is CC(C)c1nc(N(C)C)sc1C(=O)O. The van der Waals surface area contributed by atoms with Gasteiger partial charge in [0.1, 0.15) is 4.88 Å². The van der Waals surface area contributed by atoms with E-state index in [9.17, 15) is 4.79 Å². The number of nitrogens with zero attached hydrogens (tertiary/aromatic N) is 2. The van der Waals surface area contributed by atoms with Crippen LogP contribution in [-0.2, 0) is 0 Å². The summed E-state index contributed by atoms with van der Waals surface area (Å²) in [4.78, 5) is 17.4. The fraction of sp³-hybridized carbons (Fsp3) is 0.556. The second kappa shape index (κ2) is 3.96. The van der Waals surface area contributed by atoms with E-state index in [1.54, 1.807) is 0 Å². The number of thiazole rings is 1. The summed E-state index contributed by atoms with van der Waals surface area (Å²) in [6, 6.07) is 0. The predicted octanol–water partition coefficient (Wildman–Crippen LogP) is 2.03. The monoisotopic (exact) mass is 214 g/mol. The molecule has 0 aromatic carbocycles. The second-order valence-corrected chi connectivity index (χ2v) is 4.54. The van der Waals surface area contributed by atoms with E-state index in [1.807, 2.05) is 32.8 Å². The first-order valence-electron chi connectivity index (χ1n) is 4.34. The van der Waals surface area contributed by atoms with Gasteiger partial charge < -0.3 is 10.0 Å². The van der Waals surface area contributed by atoms with Gasteiger partial charge in [0.05, 0.1) is 5.69 Å². The van der Waals surface area contributed by atoms with Crippen LogP contribution < -0.4 is 4.90 Å². The number of carboxylic acids is 1. The Morgan fingerprint density at radius 3 is 2.36 bits per heavy atom. The second-order valence-electron chi connectivity index (χ2n) is 3.57. The molecule has 0 saturated carbocycles. The molecule has 0 saturated heterocycles. The first-order valence-corrected chi connectivity index (χ1v) is 5.16. The van der Waals surface area contributed by atoms with Crippen LogP contribution >= 0.6 is 11.3 Å². The summed E-state index contributed by atoms with van der Waals surface area (Å²) in [7, 11) is 3.71. The largest absolute Gasteiger partial charge is 0.477 e. The Bertz CT molecular complexity index is 345. The molecule has 0 aliphatic carbocycles. The van der Waals surface area contributed by atoms with Crippen molar-refractivity contribution in [2.75, 3.05) is 19.0 Å². The number of carboxylic acid groups (broad SMARTS) is 1. The van der Waals surface area contributed by atoms with Gasteiger partial charge in [0.15, 0.2) is 5.13 Å². The maximum atomic E-state index is 10.9. The minimum absolute atomic E-state index is 0.144. The zero-order chi connectivity index (χ0) is 10.9. The van der Waals surface area contributed by atoms with Gasteiger partial charge in [-0.25, -0.2) is 9.78 Å². The molecule has 0 spiro atoms. The average Bonchev–Trinajstić information content (AvgIpc) is 2.47. The molecule has 0 bridgehead atoms. The summed E-state index contributed by atoms with van der Waals surface area (Å²) in [6.07, 6.45) is 0. The van der Waals surface area contributed by atoms with Gasteiger partial charge in [0, 0.05) is 14.1 Å². The summed E-state index contributed by atoms with van der Waals surface area (Å²) in [6.45, 7) is 3.89. The highest BCUT2D eigenvalue weighted by molar-refractivity contribution is 7.17. The Labute approximate surface area is 87.2 Å². The van der Waals surface area contributed by atoms with Crippen LogP contribution in [0.15, 0.2) is 0 Å². The third-order valence-electron chi connectivity index (χ3n) is 1.77. The van der Waals surface area contributed by atoms with Gasteiger partial charge in [-0.05, 0) is 5.92 Å². The van der Waals surface area contributed by atoms with Crippen molar-refractivity contribution in [1.29, 1.82) is 0 Å². The third kappa shape index (κ3) is 2.04. The van der Waals surface area contributed by atoms with Gasteiger partial charge in [0.25, 0.3) is 0 Å². The smallest absolute Gasteiger partial charge is 0.347 e. The van der Waals surface area contributed by atoms with E-state index in [0.29, 0.717) is 10.6 Å². The highest BCUT2D eigenvalue weighted by Crippen LogP contribution is 2.29. The summed E-state index contributed by atoms with van der Waals surface area (Å²) >= 11 is 1.22. The van der Waals surface area contributed by atoms with Crippen molar-refractivity contribution in [2.45, 2.75) is 19.8 Å². The molecule has 0 radical (unpaired) electrons. The van der Waals surface area contributed by atoms with Crippen LogP contribution in [0.3, 0.4) is 0 Å². The fourth-order valence-electron chi connectivity index (χ4n) is 1.06. The van der Waals surface area contributed by atoms with Crippen molar-refractivity contribution in [1.82, 2.24) is 4.98 Å². The van der Waals surface area contributed by atoms with Crippen molar-refractivity contribution in [2.24, 2.45) is 0 Å². The van der Waals surface area contributed by atoms with Gasteiger partial charge in [-0.1, -0.05) is 25.2 Å². The quantitative estimate of drug-likeness (QED) is 0.836. The molecule has 4 nitrogen and oxygen atoms in total. The standard InChI is InChI=1S/C9H14N2O2S/c1-5(2)6-7(8(12)13)14-9(10-6)11(3)4/h5H,1-4H3,(H,12,13). The number of rotatable bonds is 3. The maximum Gasteiger partial charge on any atom is 0.347 e. The Morgan fingerprint density at radius 1 is 1.50 bits per heavy atom. The van der Waals surface area contributed by atoms with Gasteiger partial charge in [-0.3, -0.25) is 0 Å². The van der Waals surface area contributed by atoms with Gasteiger partial charge in [0.2, 0.25) is 0 Å². The number of aromatic nitrogens is 1. The molecule has 0 aliphatic rings. The maximum absolute atomic E-state index is 10.9. The molecule has 5 heteroatoms. The van der Waals surface area contributed by atoms with Crippen LogP contribution in [0.1, 0.15) is 35.1 Å². The molecule has 0 aliphatic heterocycles. The van der Waals surface area contributed by atoms with Crippen LogP contribution in [-0.4, -0.2) is 30.2 Å². The van der Waals surface area contributed by atoms with E-state index in [-0.39, 0.29) is 5.92 Å². The van der Waals surface area contributed by atoms with Crippen molar-refractivity contribution in [3.8, 4) is 0 Å². The molecular formula is C9H14N2O2S. The van der Waals surface area contributed by atoms with Crippen molar-refractivity contribution < 1.29 is 9.90 Å². The minimum atomic E-state index is -0.890. The van der Waals surface area contributed by atoms with Crippen molar-refractivity contribution in [3.63, 3.8) is 0 Å². The molecule has 1 aromatic heterocycles. The highest BCUT2D eigenvalue weighted by Gasteiger charge is 2.20. The Kier molecular flexibility index (Phi) is 3.10. The normalized spacial score (nSPS) is 10.6. The lowest BCUT2D eigenvalue weighted by Crippen LogP contribution is -2.08. The number of carbonyl (C=O) groups is 1. The van der Waals surface area contributed by atoms with E-state index < -0.39 is 5.97 Å². The van der Waals surface area contributed by atoms with Gasteiger partial charge in [-0.2, -0.15) is 0 Å². The van der Waals surface area contributed by atoms with E-state index in [1.165, 1.54) is 11.3 Å². The summed E-state index contributed by atoms with van der Waals surface area (Å²) in [5.41, 5.74) is 0.672. The number of hydrogen-bond donors (Lipinski definition) is 1. The first-order chi connectivity index (χ1) is 6.43. The number of anilines is 1. The third-order valence-corrected chi connectivity index (χ3v) is 2.99. The summed E-state index contributed by atoms with van der Waals surface area (Å²) < 4.78 is 0. The molecule has 78 valence electrons. The molecule has 0 atom stereocenters. The van der Waals surface area contributed by atoms with Gasteiger partial charge >= 0.3 is 5.97 Å². The highest BCUT2D eigenvalue weighted by atomic mass is 32.1. The first kappa shape index (κ1) is 11.0. The zero-order valence-corrected chi connectivity index (χ0v) is 9.55. The zero-order valence-electron chi connectivity index (χ0n) is 8.74. The Morgan fingerprint density at radius 2 is 2.07 bits per heavy atom. The minimum Gasteiger partial charge on any atom is -0.477 e. The summed E-state index contributed by atoms with van der Waals surface area (Å²) in [5.74, 6) is -0.745. The van der Waals surface area contributed by atoms with Crippen molar-refractivity contribution >= 4 is 22.4 Å². The van der Waals surface area contributed by atoms with Crippen LogP contribution in [0.25, 0.3) is 0 Å². The van der Waals surface area contributed by atoms with E-state index in [0.717, 1.165) is 5.13 Å². The predicted molar refractivity (Wildman–Crippen MR) is 57.5 cm³/mol. The molecule has 1 aromatic rings. The molecule has 0 amide bonds. The number of hydrogen-bond acceptors (Lipinski definition) is 4. The fourth-order valence-corrected chi connectivity index (χ4v) is 2.04. The Hall–Kier alpha value is -1.10. The van der Waals surface area contributed by atoms with Crippen molar-refractivity contribution in [3.05, 3.63) is 10.6 Å². The molecule has 0 fully saturated rings. The molecule has 1 N–H and O–H groups in total.